The zero-order valence-electron chi connectivity index (χ0n) is 15.4. The van der Waals surface area contributed by atoms with E-state index in [1.165, 1.54) is 18.4 Å². The zero-order valence-corrected chi connectivity index (χ0v) is 17.7. The molecule has 0 radical (unpaired) electrons. The Kier molecular flexibility index (Phi) is 5.63. The molecule has 1 aromatic carbocycles. The number of nitrogens with zero attached hydrogens (tertiary/aromatic N) is 1. The molecule has 5 atom stereocenters. The minimum atomic E-state index is 0. The Morgan fingerprint density at radius 1 is 1.24 bits per heavy atom. The predicted molar refractivity (Wildman–Crippen MR) is 113 cm³/mol. The lowest BCUT2D eigenvalue weighted by atomic mass is 9.57. The molecule has 2 N–H and O–H groups in total. The number of benzene rings is 1. The lowest BCUT2D eigenvalue weighted by molar-refractivity contribution is -0.106. The highest BCUT2D eigenvalue weighted by Gasteiger charge is 2.59. The van der Waals surface area contributed by atoms with Crippen molar-refractivity contribution in [1.82, 2.24) is 10.6 Å². The smallest absolute Gasteiger partial charge is 0.191 e. The molecule has 3 fully saturated rings. The van der Waals surface area contributed by atoms with E-state index in [9.17, 15) is 0 Å². The molecule has 25 heavy (non-hydrogen) atoms. The number of guanidine groups is 1. The Morgan fingerprint density at radius 2 is 2.00 bits per heavy atom. The second-order valence-corrected chi connectivity index (χ2v) is 8.20. The molecule has 1 aromatic rings. The molecule has 2 saturated carbocycles. The van der Waals surface area contributed by atoms with Crippen molar-refractivity contribution in [2.45, 2.75) is 51.3 Å². The van der Waals surface area contributed by atoms with Gasteiger partial charge in [-0.2, -0.15) is 0 Å². The molecule has 4 nitrogen and oxygen atoms in total. The number of nitrogens with one attached hydrogen (secondary N) is 2. The van der Waals surface area contributed by atoms with Crippen LogP contribution in [-0.4, -0.2) is 37.8 Å². The van der Waals surface area contributed by atoms with Gasteiger partial charge in [0.2, 0.25) is 0 Å². The van der Waals surface area contributed by atoms with Gasteiger partial charge in [0.25, 0.3) is 0 Å². The van der Waals surface area contributed by atoms with Gasteiger partial charge in [-0.05, 0) is 30.7 Å². The van der Waals surface area contributed by atoms with Crippen LogP contribution in [0.4, 0.5) is 0 Å². The van der Waals surface area contributed by atoms with Crippen LogP contribution in [0.25, 0.3) is 0 Å². The summed E-state index contributed by atoms with van der Waals surface area (Å²) in [7, 11) is 1.87. The summed E-state index contributed by atoms with van der Waals surface area (Å²) in [5.74, 6) is 2.32. The Morgan fingerprint density at radius 3 is 2.72 bits per heavy atom. The van der Waals surface area contributed by atoms with Crippen LogP contribution in [0, 0.1) is 17.3 Å². The second kappa shape index (κ2) is 7.43. The minimum Gasteiger partial charge on any atom is -0.377 e. The van der Waals surface area contributed by atoms with Gasteiger partial charge in [0.15, 0.2) is 5.96 Å². The van der Waals surface area contributed by atoms with Crippen LogP contribution in [0.15, 0.2) is 35.3 Å². The first-order valence-electron chi connectivity index (χ1n) is 9.25. The van der Waals surface area contributed by atoms with E-state index < -0.39 is 0 Å². The quantitative estimate of drug-likeness (QED) is 0.417. The van der Waals surface area contributed by atoms with E-state index in [1.807, 2.05) is 7.05 Å². The van der Waals surface area contributed by atoms with Crippen molar-refractivity contribution in [2.75, 3.05) is 13.7 Å². The fraction of sp³-hybridized carbons (Fsp3) is 0.650. The molecule has 0 spiro atoms. The molecule has 1 saturated heterocycles. The number of aliphatic imine (C=N–C) groups is 1. The van der Waals surface area contributed by atoms with Crippen LogP contribution in [-0.2, 0) is 11.2 Å². The summed E-state index contributed by atoms with van der Waals surface area (Å²) in [6.45, 7) is 5.52. The molecular weight excluding hydrogens is 425 g/mol. The molecular formula is C20H30IN3O. The maximum Gasteiger partial charge on any atom is 0.191 e. The van der Waals surface area contributed by atoms with E-state index >= 15 is 0 Å². The van der Waals surface area contributed by atoms with Crippen LogP contribution >= 0.6 is 24.0 Å². The summed E-state index contributed by atoms with van der Waals surface area (Å²) in [4.78, 5) is 4.46. The van der Waals surface area contributed by atoms with Gasteiger partial charge in [-0.25, -0.2) is 0 Å². The van der Waals surface area contributed by atoms with Gasteiger partial charge in [-0.15, -0.1) is 24.0 Å². The molecule has 0 bridgehead atoms. The SMILES string of the molecule is CN=C(NC1CC1Cc1ccccc1)NC1C2CCOC2C1(C)C.I. The molecule has 0 aromatic heterocycles. The van der Waals surface area contributed by atoms with Crippen LogP contribution in [0.5, 0.6) is 0 Å². The van der Waals surface area contributed by atoms with E-state index in [2.05, 4.69) is 59.8 Å². The van der Waals surface area contributed by atoms with Crippen LogP contribution in [0.1, 0.15) is 32.3 Å². The summed E-state index contributed by atoms with van der Waals surface area (Å²) in [5.41, 5.74) is 1.62. The molecule has 3 aliphatic rings. The number of fused-ring (bicyclic) bond motifs is 1. The second-order valence-electron chi connectivity index (χ2n) is 8.20. The van der Waals surface area contributed by atoms with Gasteiger partial charge in [-0.1, -0.05) is 44.2 Å². The molecule has 5 unspecified atom stereocenters. The van der Waals surface area contributed by atoms with Crippen molar-refractivity contribution in [3.05, 3.63) is 35.9 Å². The highest BCUT2D eigenvalue weighted by molar-refractivity contribution is 14.0. The maximum absolute atomic E-state index is 5.89. The summed E-state index contributed by atoms with van der Waals surface area (Å²) >= 11 is 0. The first-order valence-corrected chi connectivity index (χ1v) is 9.25. The summed E-state index contributed by atoms with van der Waals surface area (Å²) in [6.07, 6.45) is 3.98. The summed E-state index contributed by atoms with van der Waals surface area (Å²) in [5, 5.41) is 7.31. The largest absolute Gasteiger partial charge is 0.377 e. The van der Waals surface area contributed by atoms with Crippen molar-refractivity contribution in [3.8, 4) is 0 Å². The number of halogens is 1. The fourth-order valence-corrected chi connectivity index (χ4v) is 4.68. The molecule has 2 aliphatic carbocycles. The number of hydrogen-bond acceptors (Lipinski definition) is 2. The molecule has 1 heterocycles. The van der Waals surface area contributed by atoms with E-state index in [0.717, 1.165) is 24.9 Å². The Bertz CT molecular complexity index is 619. The Labute approximate surface area is 168 Å². The average molecular weight is 455 g/mol. The van der Waals surface area contributed by atoms with E-state index in [0.29, 0.717) is 24.1 Å². The van der Waals surface area contributed by atoms with Gasteiger partial charge in [0.05, 0.1) is 6.10 Å². The van der Waals surface area contributed by atoms with Crippen LogP contribution < -0.4 is 10.6 Å². The Hall–Kier alpha value is -0.820. The van der Waals surface area contributed by atoms with Crippen LogP contribution in [0.2, 0.25) is 0 Å². The third kappa shape index (κ3) is 3.68. The molecule has 4 rings (SSSR count). The summed E-state index contributed by atoms with van der Waals surface area (Å²) in [6, 6.07) is 11.8. The van der Waals surface area contributed by atoms with E-state index in [-0.39, 0.29) is 29.4 Å². The van der Waals surface area contributed by atoms with Crippen molar-refractivity contribution in [3.63, 3.8) is 0 Å². The lowest BCUT2D eigenvalue weighted by Gasteiger charge is -2.54. The van der Waals surface area contributed by atoms with Gasteiger partial charge in [0, 0.05) is 37.1 Å². The zero-order chi connectivity index (χ0) is 16.7. The normalized spacial score (nSPS) is 35.2. The molecule has 138 valence electrons. The van der Waals surface area contributed by atoms with Crippen molar-refractivity contribution in [1.29, 1.82) is 0 Å². The first kappa shape index (κ1) is 19.0. The van der Waals surface area contributed by atoms with Crippen molar-refractivity contribution < 1.29 is 4.74 Å². The predicted octanol–water partition coefficient (Wildman–Crippen LogP) is 3.21. The minimum absolute atomic E-state index is 0. The van der Waals surface area contributed by atoms with E-state index in [1.54, 1.807) is 0 Å². The molecule has 1 aliphatic heterocycles. The average Bonchev–Trinajstić information content (AvgIpc) is 3.13. The number of hydrogen-bond donors (Lipinski definition) is 2. The molecule has 0 amide bonds. The van der Waals surface area contributed by atoms with E-state index in [4.69, 9.17) is 4.74 Å². The monoisotopic (exact) mass is 455 g/mol. The van der Waals surface area contributed by atoms with Crippen LogP contribution in [0.3, 0.4) is 0 Å². The van der Waals surface area contributed by atoms with Gasteiger partial charge in [-0.3, -0.25) is 4.99 Å². The maximum atomic E-state index is 5.89. The van der Waals surface area contributed by atoms with Crippen molar-refractivity contribution >= 4 is 29.9 Å². The first-order chi connectivity index (χ1) is 11.6. The highest BCUT2D eigenvalue weighted by atomic mass is 127. The summed E-state index contributed by atoms with van der Waals surface area (Å²) < 4.78 is 5.89. The fourth-order valence-electron chi connectivity index (χ4n) is 4.68. The van der Waals surface area contributed by atoms with Gasteiger partial charge < -0.3 is 15.4 Å². The number of ether oxygens (including phenoxy) is 1. The Balaban J connectivity index is 0.00000182. The van der Waals surface area contributed by atoms with Gasteiger partial charge >= 0.3 is 0 Å². The molecule has 5 heteroatoms. The number of rotatable bonds is 4. The standard InChI is InChI=1S/C20H29N3O.HI/c1-20(2)17(15-9-10-24-18(15)20)23-19(21-3)22-16-12-14(16)11-13-7-5-4-6-8-13;/h4-8,14-18H,9-12H2,1-3H3,(H2,21,22,23);1H. The lowest BCUT2D eigenvalue weighted by Crippen LogP contribution is -2.68. The third-order valence-corrected chi connectivity index (χ3v) is 6.20. The highest BCUT2D eigenvalue weighted by Crippen LogP contribution is 2.52. The van der Waals surface area contributed by atoms with Crippen molar-refractivity contribution in [2.24, 2.45) is 22.2 Å². The topological polar surface area (TPSA) is 45.7 Å². The van der Waals surface area contributed by atoms with Gasteiger partial charge in [0.1, 0.15) is 0 Å². The third-order valence-electron chi connectivity index (χ3n) is 6.20.